The first kappa shape index (κ1) is 14.2. The molecular weight excluding hydrogens is 240 g/mol. The summed E-state index contributed by atoms with van der Waals surface area (Å²) in [6.07, 6.45) is 0. The van der Waals surface area contributed by atoms with Gasteiger partial charge >= 0.3 is 0 Å². The molecule has 0 amide bonds. The summed E-state index contributed by atoms with van der Waals surface area (Å²) in [5.41, 5.74) is 1.26. The van der Waals surface area contributed by atoms with Crippen LogP contribution >= 0.6 is 0 Å². The zero-order valence-electron chi connectivity index (χ0n) is 12.3. The number of rotatable bonds is 4. The summed E-state index contributed by atoms with van der Waals surface area (Å²) < 4.78 is 10.7. The highest BCUT2D eigenvalue weighted by Crippen LogP contribution is 2.35. The summed E-state index contributed by atoms with van der Waals surface area (Å²) in [6.45, 7) is 8.77. The summed E-state index contributed by atoms with van der Waals surface area (Å²) >= 11 is 0. The van der Waals surface area contributed by atoms with Crippen LogP contribution in [0.25, 0.3) is 0 Å². The topological polar surface area (TPSA) is 33.7 Å². The van der Waals surface area contributed by atoms with Crippen molar-refractivity contribution in [2.24, 2.45) is 0 Å². The van der Waals surface area contributed by atoms with Crippen LogP contribution in [0.2, 0.25) is 0 Å². The van der Waals surface area contributed by atoms with Crippen LogP contribution in [0.1, 0.15) is 19.4 Å². The first-order valence-electron chi connectivity index (χ1n) is 6.78. The molecule has 1 aromatic carbocycles. The lowest BCUT2D eigenvalue weighted by atomic mass is 9.91. The Morgan fingerprint density at radius 3 is 2.26 bits per heavy atom. The lowest BCUT2D eigenvalue weighted by molar-refractivity contribution is 0.102. The number of nitrogens with one attached hydrogen (secondary N) is 1. The van der Waals surface area contributed by atoms with Crippen molar-refractivity contribution < 1.29 is 9.47 Å². The highest BCUT2D eigenvalue weighted by Gasteiger charge is 2.30. The zero-order valence-corrected chi connectivity index (χ0v) is 12.3. The predicted molar refractivity (Wildman–Crippen MR) is 77.0 cm³/mol. The van der Waals surface area contributed by atoms with Crippen LogP contribution in [0.4, 0.5) is 0 Å². The Morgan fingerprint density at radius 2 is 1.68 bits per heavy atom. The molecule has 2 rings (SSSR count). The van der Waals surface area contributed by atoms with Crippen molar-refractivity contribution >= 4 is 0 Å². The van der Waals surface area contributed by atoms with E-state index < -0.39 is 0 Å². The number of methoxy groups -OCH3 is 2. The van der Waals surface area contributed by atoms with E-state index in [1.54, 1.807) is 14.2 Å². The van der Waals surface area contributed by atoms with Crippen molar-refractivity contribution in [3.8, 4) is 11.5 Å². The highest BCUT2D eigenvalue weighted by atomic mass is 16.5. The van der Waals surface area contributed by atoms with E-state index in [1.165, 1.54) is 5.56 Å². The summed E-state index contributed by atoms with van der Waals surface area (Å²) in [5, 5.41) is 3.39. The van der Waals surface area contributed by atoms with Gasteiger partial charge in [0.15, 0.2) is 11.5 Å². The lowest BCUT2D eigenvalue weighted by Crippen LogP contribution is -2.51. The number of hydrogen-bond acceptors (Lipinski definition) is 4. The molecule has 1 saturated heterocycles. The third-order valence-electron chi connectivity index (χ3n) is 4.00. The third-order valence-corrected chi connectivity index (χ3v) is 4.00. The molecule has 1 N–H and O–H groups in total. The molecule has 1 aromatic rings. The van der Waals surface area contributed by atoms with Gasteiger partial charge in [-0.05, 0) is 31.5 Å². The predicted octanol–water partition coefficient (Wildman–Crippen LogP) is 1.84. The molecule has 0 unspecified atom stereocenters. The van der Waals surface area contributed by atoms with Crippen LogP contribution in [0.5, 0.6) is 11.5 Å². The molecule has 0 spiro atoms. The molecule has 19 heavy (non-hydrogen) atoms. The van der Waals surface area contributed by atoms with Gasteiger partial charge in [0.2, 0.25) is 0 Å². The van der Waals surface area contributed by atoms with Crippen molar-refractivity contribution in [3.05, 3.63) is 23.8 Å². The summed E-state index contributed by atoms with van der Waals surface area (Å²) in [4.78, 5) is 2.50. The molecule has 0 bridgehead atoms. The maximum absolute atomic E-state index is 5.40. The summed E-state index contributed by atoms with van der Waals surface area (Å²) in [7, 11) is 3.35. The van der Waals surface area contributed by atoms with Gasteiger partial charge in [0.25, 0.3) is 0 Å². The Labute approximate surface area is 115 Å². The van der Waals surface area contributed by atoms with Gasteiger partial charge in [0.05, 0.1) is 14.2 Å². The van der Waals surface area contributed by atoms with E-state index in [2.05, 4.69) is 36.2 Å². The second-order valence-electron chi connectivity index (χ2n) is 5.37. The fraction of sp³-hybridized carbons (Fsp3) is 0.600. The Hall–Kier alpha value is -1.26. The van der Waals surface area contributed by atoms with Gasteiger partial charge in [-0.25, -0.2) is 0 Å². The van der Waals surface area contributed by atoms with Crippen LogP contribution in [0.3, 0.4) is 0 Å². The minimum absolute atomic E-state index is 0.00164. The normalized spacial score (nSPS) is 17.3. The number of benzene rings is 1. The van der Waals surface area contributed by atoms with E-state index in [0.29, 0.717) is 0 Å². The second kappa shape index (κ2) is 5.80. The van der Waals surface area contributed by atoms with Crippen LogP contribution in [0, 0.1) is 0 Å². The average Bonchev–Trinajstić information content (AvgIpc) is 2.47. The standard InChI is InChI=1S/C15H24N2O2/c1-15(2,17-9-7-16-8-10-17)12-5-6-13(18-3)14(11-12)19-4/h5-6,11,16H,7-10H2,1-4H3. The van der Waals surface area contributed by atoms with Gasteiger partial charge in [-0.2, -0.15) is 0 Å². The molecule has 0 radical (unpaired) electrons. The molecule has 106 valence electrons. The SMILES string of the molecule is COc1ccc(C(C)(C)N2CCNCC2)cc1OC. The van der Waals surface area contributed by atoms with Gasteiger partial charge in [0, 0.05) is 31.7 Å². The van der Waals surface area contributed by atoms with E-state index in [0.717, 1.165) is 37.7 Å². The van der Waals surface area contributed by atoms with Gasteiger partial charge in [0.1, 0.15) is 0 Å². The quantitative estimate of drug-likeness (QED) is 0.900. The van der Waals surface area contributed by atoms with Crippen LogP contribution < -0.4 is 14.8 Å². The zero-order chi connectivity index (χ0) is 13.9. The molecule has 0 aromatic heterocycles. The molecule has 1 fully saturated rings. The van der Waals surface area contributed by atoms with E-state index in [-0.39, 0.29) is 5.54 Å². The number of ether oxygens (including phenoxy) is 2. The molecule has 0 saturated carbocycles. The Kier molecular flexibility index (Phi) is 4.32. The minimum Gasteiger partial charge on any atom is -0.493 e. The van der Waals surface area contributed by atoms with Gasteiger partial charge in [-0.3, -0.25) is 4.90 Å². The summed E-state index contributed by atoms with van der Waals surface area (Å²) in [5.74, 6) is 1.57. The number of piperazine rings is 1. The number of hydrogen-bond donors (Lipinski definition) is 1. The van der Waals surface area contributed by atoms with E-state index >= 15 is 0 Å². The van der Waals surface area contributed by atoms with Crippen molar-refractivity contribution in [2.75, 3.05) is 40.4 Å². The first-order valence-corrected chi connectivity index (χ1v) is 6.78. The van der Waals surface area contributed by atoms with Crippen LogP contribution in [-0.2, 0) is 5.54 Å². The second-order valence-corrected chi connectivity index (χ2v) is 5.37. The average molecular weight is 264 g/mol. The molecular formula is C15H24N2O2. The fourth-order valence-electron chi connectivity index (χ4n) is 2.62. The molecule has 0 aliphatic carbocycles. The van der Waals surface area contributed by atoms with Crippen molar-refractivity contribution in [1.82, 2.24) is 10.2 Å². The maximum Gasteiger partial charge on any atom is 0.161 e. The fourth-order valence-corrected chi connectivity index (χ4v) is 2.62. The minimum atomic E-state index is 0.00164. The molecule has 1 aliphatic rings. The van der Waals surface area contributed by atoms with E-state index in [4.69, 9.17) is 9.47 Å². The number of nitrogens with zero attached hydrogens (tertiary/aromatic N) is 1. The lowest BCUT2D eigenvalue weighted by Gasteiger charge is -2.41. The van der Waals surface area contributed by atoms with E-state index in [1.807, 2.05) is 6.07 Å². The third kappa shape index (κ3) is 2.85. The Balaban J connectivity index is 2.28. The molecule has 4 heteroatoms. The molecule has 1 aliphatic heterocycles. The van der Waals surface area contributed by atoms with Crippen LogP contribution in [-0.4, -0.2) is 45.3 Å². The Morgan fingerprint density at radius 1 is 1.05 bits per heavy atom. The van der Waals surface area contributed by atoms with Crippen molar-refractivity contribution in [2.45, 2.75) is 19.4 Å². The highest BCUT2D eigenvalue weighted by molar-refractivity contribution is 5.44. The maximum atomic E-state index is 5.40. The van der Waals surface area contributed by atoms with E-state index in [9.17, 15) is 0 Å². The first-order chi connectivity index (χ1) is 9.09. The molecule has 0 atom stereocenters. The molecule has 4 nitrogen and oxygen atoms in total. The van der Waals surface area contributed by atoms with Gasteiger partial charge in [-0.1, -0.05) is 6.07 Å². The van der Waals surface area contributed by atoms with Crippen molar-refractivity contribution in [3.63, 3.8) is 0 Å². The Bertz CT molecular complexity index is 426. The smallest absolute Gasteiger partial charge is 0.161 e. The van der Waals surface area contributed by atoms with Crippen LogP contribution in [0.15, 0.2) is 18.2 Å². The van der Waals surface area contributed by atoms with Gasteiger partial charge < -0.3 is 14.8 Å². The summed E-state index contributed by atoms with van der Waals surface area (Å²) in [6, 6.07) is 6.20. The van der Waals surface area contributed by atoms with Gasteiger partial charge in [-0.15, -0.1) is 0 Å². The molecule has 1 heterocycles. The monoisotopic (exact) mass is 264 g/mol. The van der Waals surface area contributed by atoms with Crippen molar-refractivity contribution in [1.29, 1.82) is 0 Å². The largest absolute Gasteiger partial charge is 0.493 e.